The molecular weight excluding hydrogens is 324 g/mol. The quantitative estimate of drug-likeness (QED) is 0.583. The molecule has 24 heavy (non-hydrogen) atoms. The molecule has 0 aliphatic rings. The number of rotatable bonds is 3. The molecule has 0 aliphatic carbocycles. The van der Waals surface area contributed by atoms with E-state index in [0.29, 0.717) is 11.0 Å². The number of aromatic nitrogens is 1. The van der Waals surface area contributed by atoms with Gasteiger partial charge in [0.25, 0.3) is 5.91 Å². The molecule has 4 rings (SSSR count). The van der Waals surface area contributed by atoms with Gasteiger partial charge in [-0.3, -0.25) is 4.79 Å². The molecule has 1 amide bonds. The molecule has 1 N–H and O–H groups in total. The third-order valence-corrected chi connectivity index (χ3v) is 4.66. The number of thiazole rings is 1. The third-order valence-electron chi connectivity index (χ3n) is 3.62. The zero-order valence-corrected chi connectivity index (χ0v) is 13.3. The lowest BCUT2D eigenvalue weighted by molar-refractivity contribution is 0.0947. The summed E-state index contributed by atoms with van der Waals surface area (Å²) in [4.78, 5) is 28.7. The molecule has 0 bridgehead atoms. The first-order valence-electron chi connectivity index (χ1n) is 7.36. The SMILES string of the molecule is O=C(NCc1nc2ccccc2s1)c1cc2ccccc2oc1=O. The van der Waals surface area contributed by atoms with Gasteiger partial charge in [0, 0.05) is 5.39 Å². The van der Waals surface area contributed by atoms with E-state index in [1.54, 1.807) is 24.3 Å². The van der Waals surface area contributed by atoms with E-state index < -0.39 is 11.5 Å². The highest BCUT2D eigenvalue weighted by atomic mass is 32.1. The van der Waals surface area contributed by atoms with Crippen LogP contribution < -0.4 is 10.9 Å². The molecule has 6 heteroatoms. The summed E-state index contributed by atoms with van der Waals surface area (Å²) in [6.07, 6.45) is 0. The second-order valence-electron chi connectivity index (χ2n) is 5.24. The predicted molar refractivity (Wildman–Crippen MR) is 93.3 cm³/mol. The van der Waals surface area contributed by atoms with Crippen molar-refractivity contribution in [3.8, 4) is 0 Å². The Morgan fingerprint density at radius 1 is 1.12 bits per heavy atom. The lowest BCUT2D eigenvalue weighted by Gasteiger charge is -2.03. The average molecular weight is 336 g/mol. The summed E-state index contributed by atoms with van der Waals surface area (Å²) in [6.45, 7) is 0.268. The maximum atomic E-state index is 12.3. The molecule has 0 unspecified atom stereocenters. The summed E-state index contributed by atoms with van der Waals surface area (Å²) in [5, 5.41) is 4.23. The molecule has 0 radical (unpaired) electrons. The molecule has 2 aromatic carbocycles. The number of para-hydroxylation sites is 2. The van der Waals surface area contributed by atoms with Crippen molar-refractivity contribution in [2.24, 2.45) is 0 Å². The van der Waals surface area contributed by atoms with Crippen LogP contribution in [0.5, 0.6) is 0 Å². The summed E-state index contributed by atoms with van der Waals surface area (Å²) in [7, 11) is 0. The van der Waals surface area contributed by atoms with Gasteiger partial charge in [-0.25, -0.2) is 9.78 Å². The number of hydrogen-bond acceptors (Lipinski definition) is 5. The van der Waals surface area contributed by atoms with Gasteiger partial charge in [0.1, 0.15) is 16.2 Å². The van der Waals surface area contributed by atoms with Gasteiger partial charge in [-0.1, -0.05) is 30.3 Å². The highest BCUT2D eigenvalue weighted by molar-refractivity contribution is 7.18. The zero-order valence-electron chi connectivity index (χ0n) is 12.5. The summed E-state index contributed by atoms with van der Waals surface area (Å²) < 4.78 is 6.25. The molecule has 5 nitrogen and oxygen atoms in total. The van der Waals surface area contributed by atoms with Crippen molar-refractivity contribution in [3.05, 3.63) is 75.6 Å². The van der Waals surface area contributed by atoms with Crippen LogP contribution in [0, 0.1) is 0 Å². The van der Waals surface area contributed by atoms with Crippen molar-refractivity contribution in [1.82, 2.24) is 10.3 Å². The summed E-state index contributed by atoms with van der Waals surface area (Å²) >= 11 is 1.51. The number of carbonyl (C=O) groups excluding carboxylic acids is 1. The Labute approximate surface area is 140 Å². The third kappa shape index (κ3) is 2.68. The first-order chi connectivity index (χ1) is 11.7. The molecule has 0 spiro atoms. The van der Waals surface area contributed by atoms with E-state index in [4.69, 9.17) is 4.42 Å². The lowest BCUT2D eigenvalue weighted by Crippen LogP contribution is -2.27. The van der Waals surface area contributed by atoms with E-state index in [0.717, 1.165) is 15.2 Å². The van der Waals surface area contributed by atoms with Crippen molar-refractivity contribution in [1.29, 1.82) is 0 Å². The molecule has 2 heterocycles. The van der Waals surface area contributed by atoms with Gasteiger partial charge in [0.05, 0.1) is 16.8 Å². The highest BCUT2D eigenvalue weighted by Gasteiger charge is 2.14. The van der Waals surface area contributed by atoms with E-state index in [2.05, 4.69) is 10.3 Å². The van der Waals surface area contributed by atoms with Crippen molar-refractivity contribution in [2.45, 2.75) is 6.54 Å². The summed E-state index contributed by atoms with van der Waals surface area (Å²) in [5.74, 6) is -0.464. The van der Waals surface area contributed by atoms with E-state index >= 15 is 0 Å². The monoisotopic (exact) mass is 336 g/mol. The number of fused-ring (bicyclic) bond motifs is 2. The number of hydrogen-bond donors (Lipinski definition) is 1. The molecular formula is C18H12N2O3S. The fraction of sp³-hybridized carbons (Fsp3) is 0.0556. The van der Waals surface area contributed by atoms with Crippen LogP contribution in [0.3, 0.4) is 0 Å². The molecule has 0 saturated carbocycles. The second-order valence-corrected chi connectivity index (χ2v) is 6.36. The Balaban J connectivity index is 1.57. The number of nitrogens with one attached hydrogen (secondary N) is 1. The Morgan fingerprint density at radius 2 is 1.92 bits per heavy atom. The maximum absolute atomic E-state index is 12.3. The fourth-order valence-corrected chi connectivity index (χ4v) is 3.37. The van der Waals surface area contributed by atoms with Gasteiger partial charge in [-0.05, 0) is 24.3 Å². The molecule has 0 saturated heterocycles. The van der Waals surface area contributed by atoms with Crippen LogP contribution in [0.25, 0.3) is 21.2 Å². The van der Waals surface area contributed by atoms with Crippen LogP contribution in [0.2, 0.25) is 0 Å². The standard InChI is InChI=1S/C18H12N2O3S/c21-17(12-9-11-5-1-3-7-14(11)23-18(12)22)19-10-16-20-13-6-2-4-8-15(13)24-16/h1-9H,10H2,(H,19,21). The van der Waals surface area contributed by atoms with Gasteiger partial charge < -0.3 is 9.73 Å². The topological polar surface area (TPSA) is 72.2 Å². The minimum absolute atomic E-state index is 0.00480. The molecule has 0 fully saturated rings. The minimum Gasteiger partial charge on any atom is -0.422 e. The Bertz CT molecular complexity index is 1080. The van der Waals surface area contributed by atoms with E-state index in [1.165, 1.54) is 11.3 Å². The summed E-state index contributed by atoms with van der Waals surface area (Å²) in [5.41, 5.74) is 0.715. The number of benzene rings is 2. The van der Waals surface area contributed by atoms with Crippen LogP contribution in [0.4, 0.5) is 0 Å². The van der Waals surface area contributed by atoms with Crippen LogP contribution in [0.1, 0.15) is 15.4 Å². The van der Waals surface area contributed by atoms with Gasteiger partial charge in [-0.2, -0.15) is 0 Å². The van der Waals surface area contributed by atoms with Gasteiger partial charge in [-0.15, -0.1) is 11.3 Å². The Morgan fingerprint density at radius 3 is 2.79 bits per heavy atom. The molecule has 0 atom stereocenters. The molecule has 118 valence electrons. The predicted octanol–water partition coefficient (Wildman–Crippen LogP) is 3.33. The van der Waals surface area contributed by atoms with Crippen molar-refractivity contribution in [3.63, 3.8) is 0 Å². The van der Waals surface area contributed by atoms with Crippen molar-refractivity contribution in [2.75, 3.05) is 0 Å². The highest BCUT2D eigenvalue weighted by Crippen LogP contribution is 2.21. The van der Waals surface area contributed by atoms with E-state index in [9.17, 15) is 9.59 Å². The minimum atomic E-state index is -0.643. The fourth-order valence-electron chi connectivity index (χ4n) is 2.47. The van der Waals surface area contributed by atoms with Gasteiger partial charge in [0.2, 0.25) is 0 Å². The maximum Gasteiger partial charge on any atom is 0.349 e. The zero-order chi connectivity index (χ0) is 16.5. The summed E-state index contributed by atoms with van der Waals surface area (Å²) in [6, 6.07) is 16.4. The van der Waals surface area contributed by atoms with Crippen molar-refractivity contribution >= 4 is 38.4 Å². The van der Waals surface area contributed by atoms with Gasteiger partial charge in [0.15, 0.2) is 0 Å². The lowest BCUT2D eigenvalue weighted by atomic mass is 10.2. The van der Waals surface area contributed by atoms with Crippen LogP contribution in [0.15, 0.2) is 63.8 Å². The van der Waals surface area contributed by atoms with Crippen molar-refractivity contribution < 1.29 is 9.21 Å². The van der Waals surface area contributed by atoms with E-state index in [1.807, 2.05) is 30.3 Å². The average Bonchev–Trinajstić information content (AvgIpc) is 3.02. The number of carbonyl (C=O) groups is 1. The normalized spacial score (nSPS) is 11.0. The van der Waals surface area contributed by atoms with Crippen LogP contribution >= 0.6 is 11.3 Å². The smallest absolute Gasteiger partial charge is 0.349 e. The molecule has 0 aliphatic heterocycles. The number of nitrogens with zero attached hydrogens (tertiary/aromatic N) is 1. The molecule has 2 aromatic heterocycles. The second kappa shape index (κ2) is 5.90. The first-order valence-corrected chi connectivity index (χ1v) is 8.18. The Kier molecular flexibility index (Phi) is 3.59. The largest absolute Gasteiger partial charge is 0.422 e. The first kappa shape index (κ1) is 14.6. The van der Waals surface area contributed by atoms with E-state index in [-0.39, 0.29) is 12.1 Å². The van der Waals surface area contributed by atoms with Crippen LogP contribution in [-0.4, -0.2) is 10.9 Å². The Hall–Kier alpha value is -2.99. The number of amides is 1. The van der Waals surface area contributed by atoms with Crippen LogP contribution in [-0.2, 0) is 6.54 Å². The molecule has 4 aromatic rings. The van der Waals surface area contributed by atoms with Gasteiger partial charge >= 0.3 is 5.63 Å².